The number of thioether (sulfide) groups is 1. The van der Waals surface area contributed by atoms with Gasteiger partial charge in [-0.15, -0.1) is 11.6 Å². The molecule has 2 heterocycles. The van der Waals surface area contributed by atoms with Gasteiger partial charge in [0.1, 0.15) is 11.3 Å². The zero-order valence-corrected chi connectivity index (χ0v) is 14.1. The van der Waals surface area contributed by atoms with Gasteiger partial charge in [0.2, 0.25) is 0 Å². The predicted octanol–water partition coefficient (Wildman–Crippen LogP) is 3.49. The zero-order valence-electron chi connectivity index (χ0n) is 12.5. The van der Waals surface area contributed by atoms with E-state index in [1.54, 1.807) is 0 Å². The van der Waals surface area contributed by atoms with Crippen LogP contribution in [0.2, 0.25) is 0 Å². The number of aromatic nitrogens is 4. The van der Waals surface area contributed by atoms with Crippen LogP contribution in [-0.4, -0.2) is 37.2 Å². The lowest BCUT2D eigenvalue weighted by atomic mass is 10.3. The molecule has 0 bridgehead atoms. The highest BCUT2D eigenvalue weighted by Gasteiger charge is 2.17. The quantitative estimate of drug-likeness (QED) is 0.553. The summed E-state index contributed by atoms with van der Waals surface area (Å²) >= 11 is 7.83. The van der Waals surface area contributed by atoms with Crippen molar-refractivity contribution in [1.29, 1.82) is 0 Å². The molecule has 0 fully saturated rings. The summed E-state index contributed by atoms with van der Waals surface area (Å²) in [7, 11) is 0. The van der Waals surface area contributed by atoms with Crippen molar-refractivity contribution in [1.82, 2.24) is 19.3 Å². The van der Waals surface area contributed by atoms with E-state index in [2.05, 4.69) is 27.5 Å². The van der Waals surface area contributed by atoms with Crippen LogP contribution in [0.15, 0.2) is 0 Å². The molecule has 0 N–H and O–H groups in total. The van der Waals surface area contributed by atoms with Gasteiger partial charge < -0.3 is 4.57 Å². The summed E-state index contributed by atoms with van der Waals surface area (Å²) in [5.74, 6) is 2.93. The Hall–Kier alpha value is -0.680. The van der Waals surface area contributed by atoms with Crippen LogP contribution in [-0.2, 0) is 19.5 Å². The third-order valence-electron chi connectivity index (χ3n) is 3.48. The van der Waals surface area contributed by atoms with E-state index in [1.165, 1.54) is 18.6 Å². The van der Waals surface area contributed by atoms with E-state index in [1.807, 2.05) is 18.7 Å². The topological polar surface area (TPSA) is 35.6 Å². The summed E-state index contributed by atoms with van der Waals surface area (Å²) in [6, 6.07) is 0. The number of fused-ring (bicyclic) bond motifs is 1. The van der Waals surface area contributed by atoms with Gasteiger partial charge in [0.05, 0.1) is 5.69 Å². The highest BCUT2D eigenvalue weighted by Crippen LogP contribution is 2.21. The molecule has 0 aliphatic heterocycles. The molecule has 0 spiro atoms. The van der Waals surface area contributed by atoms with Gasteiger partial charge in [-0.05, 0) is 38.7 Å². The summed E-state index contributed by atoms with van der Waals surface area (Å²) in [5, 5.41) is 4.57. The minimum atomic E-state index is 0.614. The fraction of sp³-hybridized carbons (Fsp3) is 0.714. The summed E-state index contributed by atoms with van der Waals surface area (Å²) in [6.45, 7) is 6.04. The molecule has 0 aliphatic rings. The maximum atomic E-state index is 5.92. The van der Waals surface area contributed by atoms with E-state index in [9.17, 15) is 0 Å². The number of rotatable bonds is 8. The first kappa shape index (κ1) is 15.7. The minimum absolute atomic E-state index is 0.614. The number of hydrogen-bond acceptors (Lipinski definition) is 3. The highest BCUT2D eigenvalue weighted by molar-refractivity contribution is 7.98. The van der Waals surface area contributed by atoms with Crippen molar-refractivity contribution in [2.75, 3.05) is 17.9 Å². The van der Waals surface area contributed by atoms with Crippen LogP contribution in [0.5, 0.6) is 0 Å². The summed E-state index contributed by atoms with van der Waals surface area (Å²) < 4.78 is 4.38. The molecule has 0 unspecified atom stereocenters. The Labute approximate surface area is 129 Å². The Bertz CT molecular complexity index is 561. The van der Waals surface area contributed by atoms with Crippen molar-refractivity contribution in [2.24, 2.45) is 0 Å². The van der Waals surface area contributed by atoms with E-state index >= 15 is 0 Å². The number of imidazole rings is 1. The summed E-state index contributed by atoms with van der Waals surface area (Å²) in [6.07, 6.45) is 5.39. The Balaban J connectivity index is 2.33. The Kier molecular flexibility index (Phi) is 5.78. The van der Waals surface area contributed by atoms with Gasteiger partial charge in [-0.3, -0.25) is 0 Å². The van der Waals surface area contributed by atoms with Gasteiger partial charge in [-0.2, -0.15) is 16.9 Å². The Morgan fingerprint density at radius 2 is 2.10 bits per heavy atom. The summed E-state index contributed by atoms with van der Waals surface area (Å²) in [5.41, 5.74) is 3.21. The van der Waals surface area contributed by atoms with Crippen LogP contribution in [0, 0.1) is 6.92 Å². The number of unbranched alkanes of at least 4 members (excludes halogenated alkanes) is 1. The van der Waals surface area contributed by atoms with Gasteiger partial charge in [0.15, 0.2) is 5.65 Å². The average molecular weight is 315 g/mol. The molecule has 2 aromatic heterocycles. The molecule has 112 valence electrons. The number of hydrogen-bond donors (Lipinski definition) is 0. The van der Waals surface area contributed by atoms with E-state index in [0.717, 1.165) is 42.2 Å². The first-order valence-electron chi connectivity index (χ1n) is 7.20. The normalized spacial score (nSPS) is 11.6. The first-order valence-corrected chi connectivity index (χ1v) is 9.13. The molecule has 0 atom stereocenters. The number of alkyl halides is 1. The molecule has 4 nitrogen and oxygen atoms in total. The highest BCUT2D eigenvalue weighted by atomic mass is 35.5. The standard InChI is InChI=1S/C14H23ClN4S/c1-4-19-14-13(11(2)17-19)16-12(7-8-15)18(14)9-5-6-10-20-3/h4-10H2,1-3H3. The lowest BCUT2D eigenvalue weighted by Crippen LogP contribution is -2.09. The number of halogens is 1. The van der Waals surface area contributed by atoms with Gasteiger partial charge >= 0.3 is 0 Å². The van der Waals surface area contributed by atoms with E-state index < -0.39 is 0 Å². The van der Waals surface area contributed by atoms with Gasteiger partial charge in [0, 0.05) is 25.4 Å². The van der Waals surface area contributed by atoms with Gasteiger partial charge in [0.25, 0.3) is 0 Å². The first-order chi connectivity index (χ1) is 9.72. The van der Waals surface area contributed by atoms with Crippen LogP contribution in [0.1, 0.15) is 31.3 Å². The molecular weight excluding hydrogens is 292 g/mol. The molecule has 0 saturated carbocycles. The van der Waals surface area contributed by atoms with E-state index in [4.69, 9.17) is 16.6 Å². The lowest BCUT2D eigenvalue weighted by molar-refractivity contribution is 0.586. The molecule has 0 saturated heterocycles. The average Bonchev–Trinajstić information content (AvgIpc) is 2.94. The molecule has 0 amide bonds. The molecular formula is C14H23ClN4S. The van der Waals surface area contributed by atoms with Crippen molar-refractivity contribution in [3.8, 4) is 0 Å². The molecule has 2 aromatic rings. The molecule has 20 heavy (non-hydrogen) atoms. The minimum Gasteiger partial charge on any atom is -0.313 e. The van der Waals surface area contributed by atoms with Crippen LogP contribution in [0.3, 0.4) is 0 Å². The van der Waals surface area contributed by atoms with Crippen molar-refractivity contribution in [2.45, 2.75) is 46.2 Å². The van der Waals surface area contributed by atoms with Crippen molar-refractivity contribution in [3.05, 3.63) is 11.5 Å². The smallest absolute Gasteiger partial charge is 0.158 e. The molecule has 0 aromatic carbocycles. The van der Waals surface area contributed by atoms with Crippen LogP contribution >= 0.6 is 23.4 Å². The summed E-state index contributed by atoms with van der Waals surface area (Å²) in [4.78, 5) is 4.76. The Morgan fingerprint density at radius 1 is 1.30 bits per heavy atom. The maximum absolute atomic E-state index is 5.92. The van der Waals surface area contributed by atoms with Crippen LogP contribution in [0.4, 0.5) is 0 Å². The van der Waals surface area contributed by atoms with E-state index in [0.29, 0.717) is 5.88 Å². The van der Waals surface area contributed by atoms with E-state index in [-0.39, 0.29) is 0 Å². The molecule has 6 heteroatoms. The van der Waals surface area contributed by atoms with Gasteiger partial charge in [-0.25, -0.2) is 9.67 Å². The SMILES string of the molecule is CCn1nc(C)c2nc(CCCl)n(CCCCSC)c21. The second-order valence-electron chi connectivity index (χ2n) is 4.89. The number of nitrogens with zero attached hydrogens (tertiary/aromatic N) is 4. The monoisotopic (exact) mass is 314 g/mol. The second-order valence-corrected chi connectivity index (χ2v) is 6.26. The predicted molar refractivity (Wildman–Crippen MR) is 88.0 cm³/mol. The number of aryl methyl sites for hydroxylation is 4. The maximum Gasteiger partial charge on any atom is 0.158 e. The Morgan fingerprint density at radius 3 is 2.75 bits per heavy atom. The molecule has 0 aliphatic carbocycles. The second kappa shape index (κ2) is 7.36. The lowest BCUT2D eigenvalue weighted by Gasteiger charge is -2.09. The fourth-order valence-electron chi connectivity index (χ4n) is 2.52. The van der Waals surface area contributed by atoms with Crippen LogP contribution < -0.4 is 0 Å². The van der Waals surface area contributed by atoms with Crippen molar-refractivity contribution in [3.63, 3.8) is 0 Å². The molecule has 2 rings (SSSR count). The van der Waals surface area contributed by atoms with Crippen molar-refractivity contribution < 1.29 is 0 Å². The third kappa shape index (κ3) is 3.14. The fourth-order valence-corrected chi connectivity index (χ4v) is 3.18. The van der Waals surface area contributed by atoms with Crippen LogP contribution in [0.25, 0.3) is 11.2 Å². The third-order valence-corrected chi connectivity index (χ3v) is 4.36. The molecule has 0 radical (unpaired) electrons. The largest absolute Gasteiger partial charge is 0.313 e. The van der Waals surface area contributed by atoms with Crippen molar-refractivity contribution >= 4 is 34.5 Å². The van der Waals surface area contributed by atoms with Gasteiger partial charge in [-0.1, -0.05) is 0 Å². The zero-order chi connectivity index (χ0) is 14.5.